The fourth-order valence-electron chi connectivity index (χ4n) is 1.18. The average Bonchev–Trinajstić information content (AvgIpc) is 2.20. The van der Waals surface area contributed by atoms with E-state index in [9.17, 15) is 9.18 Å². The van der Waals surface area contributed by atoms with Crippen LogP contribution in [-0.2, 0) is 0 Å². The summed E-state index contributed by atoms with van der Waals surface area (Å²) in [5.41, 5.74) is -0.0751. The van der Waals surface area contributed by atoms with Crippen molar-refractivity contribution in [2.45, 2.75) is 20.0 Å². The van der Waals surface area contributed by atoms with Crippen molar-refractivity contribution in [1.82, 2.24) is 0 Å². The first-order chi connectivity index (χ1) is 7.45. The van der Waals surface area contributed by atoms with Gasteiger partial charge in [0.05, 0.1) is 18.8 Å². The number of carboxylic acids is 1. The monoisotopic (exact) mass is 228 g/mol. The van der Waals surface area contributed by atoms with E-state index in [1.165, 1.54) is 7.11 Å². The predicted octanol–water partition coefficient (Wildman–Crippen LogP) is 2.32. The number of hydrogen-bond donors (Lipinski definition) is 1. The van der Waals surface area contributed by atoms with Crippen molar-refractivity contribution in [3.63, 3.8) is 0 Å². The van der Waals surface area contributed by atoms with Crippen LogP contribution in [0.2, 0.25) is 0 Å². The van der Waals surface area contributed by atoms with Crippen LogP contribution in [0, 0.1) is 5.82 Å². The highest BCUT2D eigenvalue weighted by atomic mass is 19.1. The number of carbonyl (C=O) groups is 1. The van der Waals surface area contributed by atoms with Crippen molar-refractivity contribution in [2.75, 3.05) is 7.11 Å². The first-order valence-corrected chi connectivity index (χ1v) is 4.73. The van der Waals surface area contributed by atoms with Gasteiger partial charge >= 0.3 is 5.97 Å². The smallest absolute Gasteiger partial charge is 0.335 e. The van der Waals surface area contributed by atoms with Crippen LogP contribution in [0.15, 0.2) is 12.1 Å². The van der Waals surface area contributed by atoms with Gasteiger partial charge in [0.15, 0.2) is 11.5 Å². The molecule has 0 unspecified atom stereocenters. The fourth-order valence-corrected chi connectivity index (χ4v) is 1.18. The molecule has 16 heavy (non-hydrogen) atoms. The molecule has 88 valence electrons. The van der Waals surface area contributed by atoms with Gasteiger partial charge in [-0.25, -0.2) is 4.79 Å². The Bertz CT molecular complexity index is 401. The third kappa shape index (κ3) is 2.62. The van der Waals surface area contributed by atoms with E-state index < -0.39 is 11.8 Å². The van der Waals surface area contributed by atoms with Crippen molar-refractivity contribution in [1.29, 1.82) is 0 Å². The summed E-state index contributed by atoms with van der Waals surface area (Å²) in [6, 6.07) is 2.26. The quantitative estimate of drug-likeness (QED) is 0.859. The Kier molecular flexibility index (Phi) is 3.71. The molecule has 0 fully saturated rings. The van der Waals surface area contributed by atoms with Crippen LogP contribution in [-0.4, -0.2) is 24.3 Å². The summed E-state index contributed by atoms with van der Waals surface area (Å²) in [5.74, 6) is -2.12. The third-order valence-electron chi connectivity index (χ3n) is 1.84. The molecule has 1 aromatic rings. The number of carboxylic acid groups (broad SMARTS) is 1. The van der Waals surface area contributed by atoms with Crippen LogP contribution < -0.4 is 9.47 Å². The minimum absolute atomic E-state index is 0.0751. The maximum absolute atomic E-state index is 13.6. The molecule has 0 atom stereocenters. The highest BCUT2D eigenvalue weighted by Gasteiger charge is 2.16. The summed E-state index contributed by atoms with van der Waals surface area (Å²) in [4.78, 5) is 10.8. The second kappa shape index (κ2) is 4.83. The molecule has 0 saturated carbocycles. The van der Waals surface area contributed by atoms with E-state index in [4.69, 9.17) is 14.6 Å². The Morgan fingerprint density at radius 1 is 1.38 bits per heavy atom. The molecular weight excluding hydrogens is 215 g/mol. The van der Waals surface area contributed by atoms with Crippen LogP contribution in [0.25, 0.3) is 0 Å². The van der Waals surface area contributed by atoms with E-state index in [0.29, 0.717) is 0 Å². The largest absolute Gasteiger partial charge is 0.494 e. The molecule has 0 heterocycles. The predicted molar refractivity (Wildman–Crippen MR) is 55.7 cm³/mol. The van der Waals surface area contributed by atoms with Crippen molar-refractivity contribution in [3.05, 3.63) is 23.5 Å². The number of rotatable bonds is 4. The third-order valence-corrected chi connectivity index (χ3v) is 1.84. The molecule has 0 aliphatic carbocycles. The zero-order valence-corrected chi connectivity index (χ0v) is 9.28. The van der Waals surface area contributed by atoms with E-state index in [1.807, 2.05) is 0 Å². The van der Waals surface area contributed by atoms with Crippen LogP contribution in [0.1, 0.15) is 24.2 Å². The highest BCUT2D eigenvalue weighted by Crippen LogP contribution is 2.29. The molecule has 1 N–H and O–H groups in total. The second-order valence-corrected chi connectivity index (χ2v) is 3.46. The molecule has 0 bridgehead atoms. The van der Waals surface area contributed by atoms with Crippen molar-refractivity contribution < 1.29 is 23.8 Å². The minimum atomic E-state index is -1.16. The Labute approximate surface area is 92.6 Å². The van der Waals surface area contributed by atoms with Gasteiger partial charge in [0, 0.05) is 0 Å². The maximum atomic E-state index is 13.6. The molecule has 0 aliphatic heterocycles. The molecule has 1 rings (SSSR count). The standard InChI is InChI=1S/C11H13FO4/c1-6(2)16-9-5-7(11(13)14)4-8(15-3)10(9)12/h4-6H,1-3H3,(H,13,14). The minimum Gasteiger partial charge on any atom is -0.494 e. The van der Waals surface area contributed by atoms with E-state index in [0.717, 1.165) is 12.1 Å². The molecule has 0 amide bonds. The van der Waals surface area contributed by atoms with Crippen molar-refractivity contribution >= 4 is 5.97 Å². The Morgan fingerprint density at radius 2 is 1.94 bits per heavy atom. The van der Waals surface area contributed by atoms with Gasteiger partial charge < -0.3 is 14.6 Å². The lowest BCUT2D eigenvalue weighted by atomic mass is 10.2. The van der Waals surface area contributed by atoms with Gasteiger partial charge in [-0.2, -0.15) is 4.39 Å². The van der Waals surface area contributed by atoms with Gasteiger partial charge in [0.1, 0.15) is 0 Å². The number of hydrogen-bond acceptors (Lipinski definition) is 3. The van der Waals surface area contributed by atoms with Gasteiger partial charge in [0.25, 0.3) is 0 Å². The zero-order valence-electron chi connectivity index (χ0n) is 9.28. The summed E-state index contributed by atoms with van der Waals surface area (Å²) in [6.07, 6.45) is -0.247. The van der Waals surface area contributed by atoms with Crippen LogP contribution >= 0.6 is 0 Å². The topological polar surface area (TPSA) is 55.8 Å². The van der Waals surface area contributed by atoms with Crippen molar-refractivity contribution in [2.24, 2.45) is 0 Å². The first-order valence-electron chi connectivity index (χ1n) is 4.73. The van der Waals surface area contributed by atoms with Crippen LogP contribution in [0.5, 0.6) is 11.5 Å². The molecule has 5 heteroatoms. The van der Waals surface area contributed by atoms with E-state index in [1.54, 1.807) is 13.8 Å². The summed E-state index contributed by atoms with van der Waals surface area (Å²) >= 11 is 0. The van der Waals surface area contributed by atoms with Crippen molar-refractivity contribution in [3.8, 4) is 11.5 Å². The summed E-state index contributed by atoms with van der Waals surface area (Å²) < 4.78 is 23.5. The molecule has 4 nitrogen and oxygen atoms in total. The summed E-state index contributed by atoms with van der Waals surface area (Å²) in [5, 5.41) is 8.82. The molecular formula is C11H13FO4. The van der Waals surface area contributed by atoms with Gasteiger partial charge in [0.2, 0.25) is 5.82 Å². The fraction of sp³-hybridized carbons (Fsp3) is 0.364. The molecule has 1 aromatic carbocycles. The summed E-state index contributed by atoms with van der Waals surface area (Å²) in [6.45, 7) is 3.44. The van der Waals surface area contributed by atoms with Gasteiger partial charge in [-0.1, -0.05) is 0 Å². The molecule has 0 radical (unpaired) electrons. The number of benzene rings is 1. The second-order valence-electron chi connectivity index (χ2n) is 3.46. The highest BCUT2D eigenvalue weighted by molar-refractivity contribution is 5.88. The van der Waals surface area contributed by atoms with Crippen LogP contribution in [0.4, 0.5) is 4.39 Å². The Hall–Kier alpha value is -1.78. The lowest BCUT2D eigenvalue weighted by Gasteiger charge is -2.13. The number of methoxy groups -OCH3 is 1. The van der Waals surface area contributed by atoms with E-state index >= 15 is 0 Å². The zero-order chi connectivity index (χ0) is 12.3. The maximum Gasteiger partial charge on any atom is 0.335 e. The molecule has 0 aliphatic rings. The number of ether oxygens (including phenoxy) is 2. The van der Waals surface area contributed by atoms with E-state index in [2.05, 4.69) is 0 Å². The summed E-state index contributed by atoms with van der Waals surface area (Å²) in [7, 11) is 1.27. The van der Waals surface area contributed by atoms with Gasteiger partial charge in [-0.3, -0.25) is 0 Å². The SMILES string of the molecule is COc1cc(C(=O)O)cc(OC(C)C)c1F. The average molecular weight is 228 g/mol. The Balaban J connectivity index is 3.24. The molecule has 0 aromatic heterocycles. The lowest BCUT2D eigenvalue weighted by molar-refractivity contribution is 0.0695. The molecule has 0 spiro atoms. The lowest BCUT2D eigenvalue weighted by Crippen LogP contribution is -2.09. The van der Waals surface area contributed by atoms with Gasteiger partial charge in [-0.15, -0.1) is 0 Å². The van der Waals surface area contributed by atoms with Crippen LogP contribution in [0.3, 0.4) is 0 Å². The number of halogens is 1. The van der Waals surface area contributed by atoms with E-state index in [-0.39, 0.29) is 23.2 Å². The van der Waals surface area contributed by atoms with Gasteiger partial charge in [-0.05, 0) is 26.0 Å². The number of aromatic carboxylic acids is 1. The Morgan fingerprint density at radius 3 is 2.38 bits per heavy atom. The normalized spacial score (nSPS) is 10.3. The first kappa shape index (κ1) is 12.3. The molecule has 0 saturated heterocycles.